The molecule has 1 fully saturated rings. The summed E-state index contributed by atoms with van der Waals surface area (Å²) in [6.45, 7) is 5.20. The van der Waals surface area contributed by atoms with E-state index in [-0.39, 0.29) is 6.61 Å². The third kappa shape index (κ3) is 3.17. The fourth-order valence-corrected chi connectivity index (χ4v) is 4.51. The zero-order valence-corrected chi connectivity index (χ0v) is 15.5. The number of benzene rings is 1. The number of likely N-dealkylation sites (N-methyl/N-ethyl adjacent to an activating group) is 1. The number of piperazine rings is 1. The number of aliphatic hydroxyl groups is 1. The lowest BCUT2D eigenvalue weighted by Crippen LogP contribution is -2.53. The number of nitrogens with one attached hydrogen (secondary N) is 1. The summed E-state index contributed by atoms with van der Waals surface area (Å²) >= 11 is 1.78. The first-order valence-electron chi connectivity index (χ1n) is 8.77. The fourth-order valence-electron chi connectivity index (χ4n) is 3.59. The van der Waals surface area contributed by atoms with E-state index in [2.05, 4.69) is 47.3 Å². The third-order valence-corrected chi connectivity index (χ3v) is 5.98. The van der Waals surface area contributed by atoms with E-state index in [9.17, 15) is 5.11 Å². The summed E-state index contributed by atoms with van der Waals surface area (Å²) in [5.41, 5.74) is 3.23. The van der Waals surface area contributed by atoms with Crippen LogP contribution in [0.1, 0.15) is 16.9 Å². The van der Waals surface area contributed by atoms with E-state index in [1.165, 1.54) is 15.4 Å². The smallest absolute Gasteiger partial charge is 0.139 e. The molecule has 0 bridgehead atoms. The summed E-state index contributed by atoms with van der Waals surface area (Å²) in [6.07, 6.45) is 0.796. The van der Waals surface area contributed by atoms with Crippen molar-refractivity contribution in [2.75, 3.05) is 38.6 Å². The average molecular weight is 356 g/mol. The molecular weight excluding hydrogens is 332 g/mol. The maximum atomic E-state index is 9.39. The van der Waals surface area contributed by atoms with E-state index in [1.54, 1.807) is 11.3 Å². The monoisotopic (exact) mass is 356 g/mol. The number of fused-ring (bicyclic) bond motifs is 2. The van der Waals surface area contributed by atoms with Crippen molar-refractivity contribution in [3.05, 3.63) is 40.8 Å². The molecule has 2 aliphatic rings. The van der Waals surface area contributed by atoms with E-state index >= 15 is 0 Å². The van der Waals surface area contributed by atoms with Crippen LogP contribution in [0.5, 0.6) is 0 Å². The lowest BCUT2D eigenvalue weighted by Gasteiger charge is -2.40. The molecule has 1 aromatic carbocycles. The molecule has 1 atom stereocenters. The molecule has 0 aliphatic carbocycles. The Hall–Kier alpha value is -1.89. The number of hydrogen-bond donors (Lipinski definition) is 2. The van der Waals surface area contributed by atoms with Crippen LogP contribution in [0.15, 0.2) is 35.3 Å². The molecule has 2 aliphatic heterocycles. The van der Waals surface area contributed by atoms with Gasteiger partial charge >= 0.3 is 0 Å². The predicted octanol–water partition coefficient (Wildman–Crippen LogP) is 3.19. The van der Waals surface area contributed by atoms with Crippen LogP contribution < -0.4 is 5.32 Å². The van der Waals surface area contributed by atoms with Gasteiger partial charge < -0.3 is 15.3 Å². The van der Waals surface area contributed by atoms with E-state index in [0.29, 0.717) is 6.04 Å². The Morgan fingerprint density at radius 1 is 1.32 bits per heavy atom. The van der Waals surface area contributed by atoms with Gasteiger partial charge in [0.25, 0.3) is 0 Å². The predicted molar refractivity (Wildman–Crippen MR) is 105 cm³/mol. The van der Waals surface area contributed by atoms with Gasteiger partial charge in [-0.25, -0.2) is 4.99 Å². The molecule has 0 spiro atoms. The Morgan fingerprint density at radius 3 is 3.00 bits per heavy atom. The maximum Gasteiger partial charge on any atom is 0.139 e. The van der Waals surface area contributed by atoms with Crippen LogP contribution in [0.2, 0.25) is 0 Å². The highest BCUT2D eigenvalue weighted by molar-refractivity contribution is 7.16. The number of amidine groups is 1. The molecule has 0 saturated carbocycles. The quantitative estimate of drug-likeness (QED) is 0.868. The normalized spacial score (nSPS) is 20.4. The van der Waals surface area contributed by atoms with Crippen molar-refractivity contribution in [1.29, 1.82) is 0 Å². The number of aliphatic imine (C=N–C) groups is 1. The molecule has 3 heterocycles. The van der Waals surface area contributed by atoms with Crippen LogP contribution in [0.3, 0.4) is 0 Å². The van der Waals surface area contributed by atoms with Gasteiger partial charge in [-0.3, -0.25) is 4.90 Å². The summed E-state index contributed by atoms with van der Waals surface area (Å²) < 4.78 is 0. The van der Waals surface area contributed by atoms with Gasteiger partial charge in [0, 0.05) is 37.2 Å². The topological polar surface area (TPSA) is 51.1 Å². The van der Waals surface area contributed by atoms with Gasteiger partial charge in [-0.2, -0.15) is 0 Å². The van der Waals surface area contributed by atoms with Crippen molar-refractivity contribution >= 4 is 33.5 Å². The number of aliphatic hydroxyl groups excluding tert-OH is 1. The van der Waals surface area contributed by atoms with Gasteiger partial charge in [-0.05, 0) is 38.6 Å². The van der Waals surface area contributed by atoms with E-state index in [1.807, 2.05) is 12.1 Å². The summed E-state index contributed by atoms with van der Waals surface area (Å²) in [5, 5.41) is 14.1. The Balaban J connectivity index is 1.75. The summed E-state index contributed by atoms with van der Waals surface area (Å²) in [6, 6.07) is 10.8. The Morgan fingerprint density at radius 2 is 2.16 bits per heavy atom. The molecule has 0 unspecified atom stereocenters. The van der Waals surface area contributed by atoms with E-state index in [0.717, 1.165) is 43.3 Å². The lowest BCUT2D eigenvalue weighted by molar-refractivity contribution is 0.115. The molecule has 2 aromatic rings. The summed E-state index contributed by atoms with van der Waals surface area (Å²) in [4.78, 5) is 11.1. The number of nitrogens with zero attached hydrogens (tertiary/aromatic N) is 3. The van der Waals surface area contributed by atoms with Gasteiger partial charge in [0.15, 0.2) is 0 Å². The average Bonchev–Trinajstić information content (AvgIpc) is 2.89. The maximum absolute atomic E-state index is 9.39. The van der Waals surface area contributed by atoms with Gasteiger partial charge in [-0.15, -0.1) is 11.3 Å². The number of aryl methyl sites for hydroxylation is 1. The largest absolute Gasteiger partial charge is 0.396 e. The van der Waals surface area contributed by atoms with Crippen LogP contribution in [0.25, 0.3) is 0 Å². The number of para-hydroxylation sites is 2. The zero-order chi connectivity index (χ0) is 17.4. The Bertz CT molecular complexity index is 800. The number of thiophene rings is 1. The molecule has 6 heteroatoms. The molecule has 0 radical (unpaired) electrons. The number of anilines is 2. The molecular formula is C19H24N4OS. The highest BCUT2D eigenvalue weighted by atomic mass is 32.1. The van der Waals surface area contributed by atoms with Crippen LogP contribution in [0, 0.1) is 6.92 Å². The zero-order valence-electron chi connectivity index (χ0n) is 14.7. The second-order valence-electron chi connectivity index (χ2n) is 6.77. The minimum atomic E-state index is 0.225. The molecule has 25 heavy (non-hydrogen) atoms. The first-order chi connectivity index (χ1) is 12.2. The molecule has 0 amide bonds. The molecule has 1 aromatic heterocycles. The second kappa shape index (κ2) is 6.78. The standard InChI is InChI=1S/C19H24N4OS/c1-13-11-15-18(23-9-8-22(2)14(12-23)7-10-24)20-16-5-3-4-6-17(16)21-19(15)25-13/h3-6,11,14,21,24H,7-10,12H2,1-2H3/t14-/m0/s1. The van der Waals surface area contributed by atoms with Crippen LogP contribution >= 0.6 is 11.3 Å². The molecule has 2 N–H and O–H groups in total. The third-order valence-electron chi connectivity index (χ3n) is 5.01. The molecule has 4 rings (SSSR count). The highest BCUT2D eigenvalue weighted by Gasteiger charge is 2.29. The highest BCUT2D eigenvalue weighted by Crippen LogP contribution is 2.39. The van der Waals surface area contributed by atoms with Gasteiger partial charge in [0.2, 0.25) is 0 Å². The van der Waals surface area contributed by atoms with Crippen molar-refractivity contribution in [2.24, 2.45) is 4.99 Å². The van der Waals surface area contributed by atoms with Crippen LogP contribution in [-0.2, 0) is 0 Å². The first-order valence-corrected chi connectivity index (χ1v) is 9.59. The molecule has 5 nitrogen and oxygen atoms in total. The Labute approximate surface area is 152 Å². The first kappa shape index (κ1) is 16.6. The van der Waals surface area contributed by atoms with Crippen molar-refractivity contribution in [3.63, 3.8) is 0 Å². The SMILES string of the molecule is Cc1cc2c(s1)Nc1ccccc1N=C2N1CCN(C)[C@@H](CCO)C1. The van der Waals surface area contributed by atoms with E-state index in [4.69, 9.17) is 4.99 Å². The summed E-state index contributed by atoms with van der Waals surface area (Å²) in [5.74, 6) is 1.05. The van der Waals surface area contributed by atoms with Crippen molar-refractivity contribution in [3.8, 4) is 0 Å². The molecule has 1 saturated heterocycles. The van der Waals surface area contributed by atoms with Crippen molar-refractivity contribution in [1.82, 2.24) is 9.80 Å². The van der Waals surface area contributed by atoms with Crippen molar-refractivity contribution in [2.45, 2.75) is 19.4 Å². The number of rotatable bonds is 2. The summed E-state index contributed by atoms with van der Waals surface area (Å²) in [7, 11) is 2.14. The van der Waals surface area contributed by atoms with E-state index < -0.39 is 0 Å². The minimum Gasteiger partial charge on any atom is -0.396 e. The lowest BCUT2D eigenvalue weighted by atomic mass is 10.1. The number of hydrogen-bond acceptors (Lipinski definition) is 6. The van der Waals surface area contributed by atoms with Crippen LogP contribution in [-0.4, -0.2) is 60.1 Å². The van der Waals surface area contributed by atoms with Gasteiger partial charge in [0.05, 0.1) is 16.9 Å². The van der Waals surface area contributed by atoms with Gasteiger partial charge in [-0.1, -0.05) is 12.1 Å². The van der Waals surface area contributed by atoms with Gasteiger partial charge in [0.1, 0.15) is 10.8 Å². The minimum absolute atomic E-state index is 0.225. The molecule has 132 valence electrons. The van der Waals surface area contributed by atoms with Crippen molar-refractivity contribution < 1.29 is 5.11 Å². The Kier molecular flexibility index (Phi) is 4.50. The second-order valence-corrected chi connectivity index (χ2v) is 8.03. The fraction of sp³-hybridized carbons (Fsp3) is 0.421. The van der Waals surface area contributed by atoms with Crippen LogP contribution in [0.4, 0.5) is 16.4 Å².